The van der Waals surface area contributed by atoms with Gasteiger partial charge in [-0.15, -0.1) is 0 Å². The van der Waals surface area contributed by atoms with Crippen LogP contribution >= 0.6 is 0 Å². The van der Waals surface area contributed by atoms with Gasteiger partial charge >= 0.3 is 5.97 Å². The summed E-state index contributed by atoms with van der Waals surface area (Å²) in [7, 11) is 0. The number of hydrogen-bond donors (Lipinski definition) is 1. The molecule has 1 atom stereocenters. The second kappa shape index (κ2) is 11.0. The Labute approximate surface area is 196 Å². The first-order chi connectivity index (χ1) is 15.7. The normalized spacial score (nSPS) is 15.9. The van der Waals surface area contributed by atoms with Gasteiger partial charge in [0.05, 0.1) is 30.7 Å². The molecule has 3 rings (SSSR count). The minimum Gasteiger partial charge on any atom is -0.491 e. The molecule has 0 fully saturated rings. The topological polar surface area (TPSA) is 77.7 Å². The molecule has 0 amide bonds. The number of guanidine groups is 1. The minimum atomic E-state index is -0.816. The van der Waals surface area contributed by atoms with Gasteiger partial charge in [0.1, 0.15) is 5.75 Å². The van der Waals surface area contributed by atoms with Crippen molar-refractivity contribution in [3.63, 3.8) is 0 Å². The summed E-state index contributed by atoms with van der Waals surface area (Å²) in [5, 5.41) is 9.29. The minimum absolute atomic E-state index is 0.109. The fourth-order valence-corrected chi connectivity index (χ4v) is 3.59. The van der Waals surface area contributed by atoms with Crippen LogP contribution in [0.3, 0.4) is 0 Å². The molecule has 1 aliphatic heterocycles. The number of aliphatic carboxylic acids is 1. The Kier molecular flexibility index (Phi) is 8.09. The van der Waals surface area contributed by atoms with Crippen LogP contribution in [0.2, 0.25) is 0 Å². The first-order valence-corrected chi connectivity index (χ1v) is 11.4. The summed E-state index contributed by atoms with van der Waals surface area (Å²) >= 11 is 0. The van der Waals surface area contributed by atoms with Crippen molar-refractivity contribution >= 4 is 24.0 Å². The fourth-order valence-electron chi connectivity index (χ4n) is 3.59. The van der Waals surface area contributed by atoms with Crippen molar-refractivity contribution in [3.05, 3.63) is 59.2 Å². The van der Waals surface area contributed by atoms with Gasteiger partial charge in [-0.2, -0.15) is 0 Å². The van der Waals surface area contributed by atoms with Gasteiger partial charge in [0.25, 0.3) is 0 Å². The monoisotopic (exact) mass is 450 g/mol. The number of benzene rings is 2. The van der Waals surface area contributed by atoms with E-state index in [0.29, 0.717) is 25.7 Å². The summed E-state index contributed by atoms with van der Waals surface area (Å²) in [5.41, 5.74) is 4.26. The number of carboxylic acids is 1. The van der Waals surface area contributed by atoms with Gasteiger partial charge in [0.15, 0.2) is 0 Å². The molecule has 0 aliphatic carbocycles. The van der Waals surface area contributed by atoms with Crippen molar-refractivity contribution in [1.29, 1.82) is 0 Å². The molecule has 0 saturated heterocycles. The van der Waals surface area contributed by atoms with E-state index in [4.69, 9.17) is 9.73 Å². The Morgan fingerprint density at radius 1 is 1.15 bits per heavy atom. The van der Waals surface area contributed by atoms with Crippen LogP contribution in [0.25, 0.3) is 0 Å². The van der Waals surface area contributed by atoms with Gasteiger partial charge < -0.3 is 19.6 Å². The number of hydrogen-bond acceptors (Lipinski definition) is 4. The number of carbonyl (C=O) groups is 1. The zero-order chi connectivity index (χ0) is 24.0. The molecule has 33 heavy (non-hydrogen) atoms. The summed E-state index contributed by atoms with van der Waals surface area (Å²) in [6.45, 7) is 11.4. The van der Waals surface area contributed by atoms with Crippen molar-refractivity contribution in [2.75, 3.05) is 13.2 Å². The van der Waals surface area contributed by atoms with Gasteiger partial charge in [-0.3, -0.25) is 4.79 Å². The number of carboxylic acid groups (broad SMARTS) is 1. The van der Waals surface area contributed by atoms with Gasteiger partial charge in [-0.25, -0.2) is 9.98 Å². The lowest BCUT2D eigenvalue weighted by Gasteiger charge is -2.34. The third kappa shape index (κ3) is 6.81. The van der Waals surface area contributed by atoms with Crippen LogP contribution in [0.15, 0.2) is 52.4 Å². The first kappa shape index (κ1) is 24.3. The molecule has 0 spiro atoms. The Hall–Kier alpha value is -3.35. The molecule has 0 unspecified atom stereocenters. The van der Waals surface area contributed by atoms with E-state index in [2.05, 4.69) is 41.1 Å². The van der Waals surface area contributed by atoms with Gasteiger partial charge in [-0.1, -0.05) is 38.1 Å². The Bertz CT molecular complexity index is 1010. The van der Waals surface area contributed by atoms with Crippen LogP contribution in [0.5, 0.6) is 5.75 Å². The second-order valence-corrected chi connectivity index (χ2v) is 8.79. The predicted octanol–water partition coefficient (Wildman–Crippen LogP) is 4.86. The van der Waals surface area contributed by atoms with Crippen molar-refractivity contribution in [3.8, 4) is 5.75 Å². The lowest BCUT2D eigenvalue weighted by Crippen LogP contribution is -2.46. The van der Waals surface area contributed by atoms with E-state index >= 15 is 0 Å². The number of rotatable bonds is 9. The van der Waals surface area contributed by atoms with Crippen molar-refractivity contribution in [2.24, 2.45) is 15.9 Å². The van der Waals surface area contributed by atoms with E-state index in [0.717, 1.165) is 29.0 Å². The summed E-state index contributed by atoms with van der Waals surface area (Å²) in [6.07, 6.45) is 2.80. The van der Waals surface area contributed by atoms with Crippen LogP contribution < -0.4 is 4.74 Å². The smallest absolute Gasteiger partial charge is 0.308 e. The predicted molar refractivity (Wildman–Crippen MR) is 132 cm³/mol. The molecule has 2 aromatic carbocycles. The van der Waals surface area contributed by atoms with Crippen LogP contribution in [0, 0.1) is 12.8 Å². The highest BCUT2D eigenvalue weighted by Crippen LogP contribution is 2.26. The average molecular weight is 451 g/mol. The maximum atomic E-state index is 11.3. The van der Waals surface area contributed by atoms with Crippen LogP contribution in [-0.2, 0) is 17.8 Å². The van der Waals surface area contributed by atoms with Gasteiger partial charge in [0, 0.05) is 13.1 Å². The fraction of sp³-hybridized carbons (Fsp3) is 0.423. The van der Waals surface area contributed by atoms with Crippen molar-refractivity contribution < 1.29 is 14.6 Å². The third-order valence-corrected chi connectivity index (χ3v) is 5.46. The summed E-state index contributed by atoms with van der Waals surface area (Å²) in [5.74, 6) is 0.147. The average Bonchev–Trinajstić information content (AvgIpc) is 2.77. The molecule has 7 nitrogen and oxygen atoms in total. The molecule has 1 heterocycles. The zero-order valence-electron chi connectivity index (χ0n) is 20.2. The van der Waals surface area contributed by atoms with Crippen molar-refractivity contribution in [1.82, 2.24) is 9.80 Å². The van der Waals surface area contributed by atoms with E-state index in [1.165, 1.54) is 5.56 Å². The highest BCUT2D eigenvalue weighted by molar-refractivity contribution is 5.91. The molecule has 0 saturated carbocycles. The molecule has 0 bridgehead atoms. The number of aliphatic imine (C=N–C) groups is 2. The molecule has 1 N–H and O–H groups in total. The lowest BCUT2D eigenvalue weighted by molar-refractivity contribution is -0.141. The van der Waals surface area contributed by atoms with Gasteiger partial charge in [-0.05, 0) is 62.1 Å². The maximum absolute atomic E-state index is 11.3. The van der Waals surface area contributed by atoms with Crippen LogP contribution in [0.4, 0.5) is 5.69 Å². The SMILES string of the molecule is CCc1ccc(CN2CN(C[C@H](C)C(=O)O)C=NC2=Nc2ccc(OC(C)C)c(C)c2)cc1. The Morgan fingerprint density at radius 2 is 1.85 bits per heavy atom. The standard InChI is InChI=1S/C26H34N4O3/c1-6-21-7-9-22(10-8-21)15-30-17-29(14-20(5)25(31)32)16-27-26(30)28-23-11-12-24(19(4)13-23)33-18(2)3/h7-13,16,18,20H,6,14-15,17H2,1-5H3,(H,31,32)/t20-/m0/s1. The van der Waals surface area contributed by atoms with E-state index in [1.54, 1.807) is 13.3 Å². The van der Waals surface area contributed by atoms with E-state index in [-0.39, 0.29) is 6.10 Å². The molecule has 2 aromatic rings. The molecular formula is C26H34N4O3. The summed E-state index contributed by atoms with van der Waals surface area (Å²) in [6, 6.07) is 14.4. The molecule has 0 aromatic heterocycles. The van der Waals surface area contributed by atoms with Crippen molar-refractivity contribution in [2.45, 2.75) is 53.7 Å². The molecule has 7 heteroatoms. The summed E-state index contributed by atoms with van der Waals surface area (Å²) in [4.78, 5) is 24.7. The number of ether oxygens (including phenoxy) is 1. The molecule has 1 aliphatic rings. The third-order valence-electron chi connectivity index (χ3n) is 5.46. The molecule has 176 valence electrons. The maximum Gasteiger partial charge on any atom is 0.308 e. The highest BCUT2D eigenvalue weighted by atomic mass is 16.5. The largest absolute Gasteiger partial charge is 0.491 e. The van der Waals surface area contributed by atoms with E-state index < -0.39 is 11.9 Å². The Balaban J connectivity index is 1.86. The summed E-state index contributed by atoms with van der Waals surface area (Å²) < 4.78 is 5.84. The molecular weight excluding hydrogens is 416 g/mol. The van der Waals surface area contributed by atoms with E-state index in [9.17, 15) is 9.90 Å². The zero-order valence-corrected chi connectivity index (χ0v) is 20.2. The second-order valence-electron chi connectivity index (χ2n) is 8.79. The van der Waals surface area contributed by atoms with Gasteiger partial charge in [0.2, 0.25) is 5.96 Å². The molecule has 0 radical (unpaired) electrons. The van der Waals surface area contributed by atoms with Crippen LogP contribution in [0.1, 0.15) is 44.4 Å². The Morgan fingerprint density at radius 3 is 2.45 bits per heavy atom. The van der Waals surface area contributed by atoms with E-state index in [1.807, 2.05) is 43.9 Å². The van der Waals surface area contributed by atoms with Crippen LogP contribution in [-0.4, -0.2) is 52.5 Å². The first-order valence-electron chi connectivity index (χ1n) is 11.4. The quantitative estimate of drug-likeness (QED) is 0.591. The highest BCUT2D eigenvalue weighted by Gasteiger charge is 2.22. The lowest BCUT2D eigenvalue weighted by atomic mass is 10.1. The number of nitrogens with zero attached hydrogens (tertiary/aromatic N) is 4. The number of aryl methyl sites for hydroxylation is 2.